The van der Waals surface area contributed by atoms with Crippen molar-refractivity contribution in [3.63, 3.8) is 0 Å². The van der Waals surface area contributed by atoms with Gasteiger partial charge >= 0.3 is 0 Å². The maximum Gasteiger partial charge on any atom is 0.224 e. The Kier molecular flexibility index (Phi) is 3.55. The van der Waals surface area contributed by atoms with Crippen LogP contribution >= 0.6 is 11.5 Å². The molecule has 3 unspecified atom stereocenters. The summed E-state index contributed by atoms with van der Waals surface area (Å²) in [6.07, 6.45) is 5.11. The molecular weight excluding hydrogens is 380 g/mol. The van der Waals surface area contributed by atoms with E-state index in [1.165, 1.54) is 41.3 Å². The molecule has 2 fully saturated rings. The van der Waals surface area contributed by atoms with Crippen LogP contribution in [0.1, 0.15) is 54.8 Å². The molecule has 0 saturated heterocycles. The van der Waals surface area contributed by atoms with Gasteiger partial charge in [0.1, 0.15) is 0 Å². The maximum absolute atomic E-state index is 13.0. The van der Waals surface area contributed by atoms with E-state index in [1.54, 1.807) is 18.5 Å². The number of aromatic nitrogens is 1. The third kappa shape index (κ3) is 2.21. The van der Waals surface area contributed by atoms with Crippen molar-refractivity contribution in [2.45, 2.75) is 38.1 Å². The Bertz CT molecular complexity index is 1160. The smallest absolute Gasteiger partial charge is 0.224 e. The second-order valence-electron chi connectivity index (χ2n) is 8.88. The van der Waals surface area contributed by atoms with E-state index in [2.05, 4.69) is 22.6 Å². The van der Waals surface area contributed by atoms with Crippen molar-refractivity contribution in [2.75, 3.05) is 10.6 Å². The highest BCUT2D eigenvalue weighted by Crippen LogP contribution is 2.66. The van der Waals surface area contributed by atoms with Crippen LogP contribution in [0.5, 0.6) is 0 Å². The van der Waals surface area contributed by atoms with E-state index in [0.29, 0.717) is 29.4 Å². The Labute approximate surface area is 173 Å². The molecule has 1 aromatic heterocycles. The van der Waals surface area contributed by atoms with Gasteiger partial charge in [-0.2, -0.15) is 0 Å². The molecule has 2 heterocycles. The molecule has 148 valence electrons. The first-order valence-corrected chi connectivity index (χ1v) is 11.2. The summed E-state index contributed by atoms with van der Waals surface area (Å²) >= 11 is 1.65. The van der Waals surface area contributed by atoms with E-state index in [1.807, 2.05) is 17.0 Å². The summed E-state index contributed by atoms with van der Waals surface area (Å²) < 4.78 is 4.52. The highest BCUT2D eigenvalue weighted by molar-refractivity contribution is 7.15. The minimum atomic E-state index is 0.0500. The molecule has 3 aromatic rings. The average molecular weight is 405 g/mol. The Morgan fingerprint density at radius 3 is 2.79 bits per heavy atom. The monoisotopic (exact) mass is 404 g/mol. The van der Waals surface area contributed by atoms with Gasteiger partial charge in [-0.25, -0.2) is 0 Å². The fourth-order valence-electron chi connectivity index (χ4n) is 6.60. The van der Waals surface area contributed by atoms with Gasteiger partial charge in [0.2, 0.25) is 5.91 Å². The Morgan fingerprint density at radius 2 is 2.10 bits per heavy atom. The first-order valence-electron chi connectivity index (χ1n) is 10.4. The number of nitrogens with two attached hydrogens (primary N) is 1. The Hall–Kier alpha value is -2.60. The molecule has 0 radical (unpaired) electrons. The van der Waals surface area contributed by atoms with Crippen LogP contribution in [-0.2, 0) is 4.79 Å². The SMILES string of the molecule is CC(=O)N1c2ccc(N)c(C=N)c2C2C3CCC(C3)[C@H]2[C@@H]1c1ccc2[nH]sc2c1. The highest BCUT2D eigenvalue weighted by Gasteiger charge is 2.57. The molecule has 2 saturated carbocycles. The third-order valence-corrected chi connectivity index (χ3v) is 8.50. The molecule has 29 heavy (non-hydrogen) atoms. The number of nitrogens with one attached hydrogen (secondary N) is 2. The second kappa shape index (κ2) is 5.95. The quantitative estimate of drug-likeness (QED) is 0.412. The largest absolute Gasteiger partial charge is 0.398 e. The number of benzene rings is 2. The van der Waals surface area contributed by atoms with Gasteiger partial charge in [-0.1, -0.05) is 17.6 Å². The fourth-order valence-corrected chi connectivity index (χ4v) is 7.26. The van der Waals surface area contributed by atoms with Gasteiger partial charge in [0, 0.05) is 30.1 Å². The van der Waals surface area contributed by atoms with Gasteiger partial charge in [0.05, 0.1) is 16.3 Å². The van der Waals surface area contributed by atoms with E-state index < -0.39 is 0 Å². The molecule has 6 rings (SSSR count). The summed E-state index contributed by atoms with van der Waals surface area (Å²) in [7, 11) is 0. The van der Waals surface area contributed by atoms with Crippen LogP contribution in [0.25, 0.3) is 10.2 Å². The van der Waals surface area contributed by atoms with Crippen molar-refractivity contribution >= 4 is 45.2 Å². The zero-order valence-electron chi connectivity index (χ0n) is 16.3. The van der Waals surface area contributed by atoms with Crippen molar-refractivity contribution < 1.29 is 4.79 Å². The Balaban J connectivity index is 1.63. The second-order valence-corrected chi connectivity index (χ2v) is 9.72. The van der Waals surface area contributed by atoms with Crippen LogP contribution < -0.4 is 10.6 Å². The summed E-state index contributed by atoms with van der Waals surface area (Å²) in [6, 6.07) is 10.5. The van der Waals surface area contributed by atoms with Crippen LogP contribution in [-0.4, -0.2) is 16.5 Å². The number of hydrogen-bond donors (Lipinski definition) is 3. The molecular formula is C23H24N4OS. The minimum Gasteiger partial charge on any atom is -0.398 e. The molecule has 0 spiro atoms. The van der Waals surface area contributed by atoms with Gasteiger partial charge in [-0.3, -0.25) is 4.79 Å². The molecule has 2 aromatic carbocycles. The number of aromatic amines is 1. The van der Waals surface area contributed by atoms with E-state index in [-0.39, 0.29) is 11.9 Å². The molecule has 2 aliphatic carbocycles. The summed E-state index contributed by atoms with van der Waals surface area (Å²) in [5.74, 6) is 2.08. The standard InChI is InChI=1S/C23H24N4OS/c1-11(28)27-18-7-5-16(25)15(10-24)22(18)20-12-2-3-13(8-12)21(20)23(27)14-4-6-17-19(9-14)29-26-17/h4-7,9-10,12-13,20-21,23-24,26H,2-3,8,25H2,1H3/t12?,13?,20?,21-,23+/m1/s1. The van der Waals surface area contributed by atoms with E-state index in [0.717, 1.165) is 16.8 Å². The lowest BCUT2D eigenvalue weighted by molar-refractivity contribution is -0.117. The molecule has 1 aliphatic heterocycles. The normalized spacial score (nSPS) is 29.8. The van der Waals surface area contributed by atoms with Crippen LogP contribution in [0, 0.1) is 23.2 Å². The van der Waals surface area contributed by atoms with Crippen LogP contribution in [0.15, 0.2) is 30.3 Å². The molecule has 6 heteroatoms. The zero-order chi connectivity index (χ0) is 19.9. The summed E-state index contributed by atoms with van der Waals surface area (Å²) in [4.78, 5) is 15.0. The van der Waals surface area contributed by atoms with Gasteiger partial charge in [0.15, 0.2) is 0 Å². The third-order valence-electron chi connectivity index (χ3n) is 7.62. The van der Waals surface area contributed by atoms with E-state index in [4.69, 9.17) is 11.1 Å². The average Bonchev–Trinajstić information content (AvgIpc) is 3.30. The number of amides is 1. The van der Waals surface area contributed by atoms with Gasteiger partial charge in [-0.05, 0) is 78.3 Å². The lowest BCUT2D eigenvalue weighted by atomic mass is 9.66. The first kappa shape index (κ1) is 17.3. The molecule has 4 N–H and O–H groups in total. The number of nitrogen functional groups attached to an aromatic ring is 1. The van der Waals surface area contributed by atoms with Gasteiger partial charge in [-0.15, -0.1) is 0 Å². The number of fused-ring (bicyclic) bond motifs is 8. The first-order chi connectivity index (χ1) is 14.1. The number of hydrogen-bond acceptors (Lipinski definition) is 4. The summed E-state index contributed by atoms with van der Waals surface area (Å²) in [6.45, 7) is 1.67. The maximum atomic E-state index is 13.0. The fraction of sp³-hybridized carbons (Fsp3) is 0.391. The Morgan fingerprint density at radius 1 is 1.28 bits per heavy atom. The number of H-pyrrole nitrogens is 1. The number of anilines is 2. The number of carbonyl (C=O) groups is 1. The van der Waals surface area contributed by atoms with Crippen molar-refractivity contribution in [1.82, 2.24) is 4.37 Å². The topological polar surface area (TPSA) is 86.0 Å². The molecule has 5 nitrogen and oxygen atoms in total. The van der Waals surface area contributed by atoms with E-state index in [9.17, 15) is 4.79 Å². The summed E-state index contributed by atoms with van der Waals surface area (Å²) in [5.41, 5.74) is 12.2. The molecule has 1 amide bonds. The van der Waals surface area contributed by atoms with E-state index >= 15 is 0 Å². The van der Waals surface area contributed by atoms with Gasteiger partial charge < -0.3 is 20.4 Å². The lowest BCUT2D eigenvalue weighted by Gasteiger charge is -2.49. The van der Waals surface area contributed by atoms with Gasteiger partial charge in [0.25, 0.3) is 0 Å². The van der Waals surface area contributed by atoms with Crippen molar-refractivity contribution in [1.29, 1.82) is 5.41 Å². The van der Waals surface area contributed by atoms with Crippen molar-refractivity contribution in [2.24, 2.45) is 17.8 Å². The number of rotatable bonds is 2. The van der Waals surface area contributed by atoms with Crippen LogP contribution in [0.2, 0.25) is 0 Å². The van der Waals surface area contributed by atoms with Crippen molar-refractivity contribution in [3.8, 4) is 0 Å². The number of carbonyl (C=O) groups excluding carboxylic acids is 1. The zero-order valence-corrected chi connectivity index (χ0v) is 17.1. The highest BCUT2D eigenvalue weighted by atomic mass is 32.1. The minimum absolute atomic E-state index is 0.0500. The number of nitrogens with zero attached hydrogens (tertiary/aromatic N) is 1. The van der Waals surface area contributed by atoms with Crippen LogP contribution in [0.4, 0.5) is 11.4 Å². The summed E-state index contributed by atoms with van der Waals surface area (Å²) in [5, 5.41) is 8.04. The molecule has 3 aliphatic rings. The molecule has 2 bridgehead atoms. The predicted molar refractivity (Wildman–Crippen MR) is 118 cm³/mol. The van der Waals surface area contributed by atoms with Crippen molar-refractivity contribution in [3.05, 3.63) is 47.0 Å². The lowest BCUT2D eigenvalue weighted by Crippen LogP contribution is -2.46. The predicted octanol–water partition coefficient (Wildman–Crippen LogP) is 5.05. The van der Waals surface area contributed by atoms with Crippen LogP contribution in [0.3, 0.4) is 0 Å². The molecule has 5 atom stereocenters.